The zero-order valence-electron chi connectivity index (χ0n) is 12.5. The van der Waals surface area contributed by atoms with Crippen LogP contribution in [-0.4, -0.2) is 44.9 Å². The van der Waals surface area contributed by atoms with Gasteiger partial charge in [-0.2, -0.15) is 0 Å². The second kappa shape index (κ2) is 6.24. The van der Waals surface area contributed by atoms with E-state index >= 15 is 0 Å². The molecule has 110 valence electrons. The standard InChI is InChI=1S/C12H25N3O3Si/c1-12(2,3)19(4,5)18-8-11-10(16)6-9(7-17-11)14-15-13/h9-11,16H,6-8H2,1-5H3/t9-,10-,11-/m1/s1. The Bertz CT molecular complexity index is 351. The molecule has 0 spiro atoms. The molecule has 0 amide bonds. The number of hydrogen-bond donors (Lipinski definition) is 1. The summed E-state index contributed by atoms with van der Waals surface area (Å²) >= 11 is 0. The van der Waals surface area contributed by atoms with Crippen molar-refractivity contribution in [2.45, 2.75) is 63.6 Å². The molecule has 1 aliphatic heterocycles. The molecule has 19 heavy (non-hydrogen) atoms. The van der Waals surface area contributed by atoms with E-state index < -0.39 is 14.4 Å². The largest absolute Gasteiger partial charge is 0.414 e. The number of azide groups is 1. The van der Waals surface area contributed by atoms with E-state index in [1.165, 1.54) is 0 Å². The van der Waals surface area contributed by atoms with Gasteiger partial charge in [-0.3, -0.25) is 0 Å². The smallest absolute Gasteiger partial charge is 0.192 e. The molecule has 0 bridgehead atoms. The molecule has 0 aliphatic carbocycles. The summed E-state index contributed by atoms with van der Waals surface area (Å²) in [6, 6.07) is -0.274. The average molecular weight is 287 g/mol. The maximum atomic E-state index is 9.99. The highest BCUT2D eigenvalue weighted by Gasteiger charge is 2.39. The second-order valence-corrected chi connectivity index (χ2v) is 11.4. The lowest BCUT2D eigenvalue weighted by Gasteiger charge is -2.39. The Morgan fingerprint density at radius 2 is 2.11 bits per heavy atom. The van der Waals surface area contributed by atoms with Crippen LogP contribution >= 0.6 is 0 Å². The maximum absolute atomic E-state index is 9.99. The summed E-state index contributed by atoms with van der Waals surface area (Å²) in [5.41, 5.74) is 8.37. The van der Waals surface area contributed by atoms with Gasteiger partial charge in [0, 0.05) is 4.91 Å². The van der Waals surface area contributed by atoms with Crippen LogP contribution in [0.3, 0.4) is 0 Å². The number of aliphatic hydroxyl groups excluding tert-OH is 1. The molecule has 0 aromatic carbocycles. The highest BCUT2D eigenvalue weighted by atomic mass is 28.4. The Balaban J connectivity index is 2.49. The second-order valence-electron chi connectivity index (χ2n) is 6.60. The van der Waals surface area contributed by atoms with Crippen LogP contribution in [0.1, 0.15) is 27.2 Å². The number of rotatable bonds is 4. The van der Waals surface area contributed by atoms with E-state index in [0.717, 1.165) is 0 Å². The van der Waals surface area contributed by atoms with Crippen LogP contribution in [0.15, 0.2) is 5.11 Å². The molecule has 1 fully saturated rings. The van der Waals surface area contributed by atoms with Crippen LogP contribution in [0.4, 0.5) is 0 Å². The molecule has 7 heteroatoms. The highest BCUT2D eigenvalue weighted by molar-refractivity contribution is 6.74. The van der Waals surface area contributed by atoms with Crippen molar-refractivity contribution in [2.75, 3.05) is 13.2 Å². The van der Waals surface area contributed by atoms with Gasteiger partial charge in [0.05, 0.1) is 25.4 Å². The summed E-state index contributed by atoms with van der Waals surface area (Å²) in [6.45, 7) is 11.6. The lowest BCUT2D eigenvalue weighted by atomic mass is 10.0. The molecule has 6 nitrogen and oxygen atoms in total. The number of ether oxygens (including phenoxy) is 1. The van der Waals surface area contributed by atoms with Crippen LogP contribution in [0, 0.1) is 0 Å². The van der Waals surface area contributed by atoms with Crippen molar-refractivity contribution in [1.82, 2.24) is 0 Å². The van der Waals surface area contributed by atoms with Crippen molar-refractivity contribution in [2.24, 2.45) is 5.11 Å². The van der Waals surface area contributed by atoms with E-state index in [0.29, 0.717) is 19.6 Å². The topological polar surface area (TPSA) is 87.5 Å². The summed E-state index contributed by atoms with van der Waals surface area (Å²) in [7, 11) is -1.82. The van der Waals surface area contributed by atoms with Crippen LogP contribution in [0.25, 0.3) is 10.4 Å². The van der Waals surface area contributed by atoms with Crippen molar-refractivity contribution < 1.29 is 14.3 Å². The van der Waals surface area contributed by atoms with E-state index in [4.69, 9.17) is 14.7 Å². The molecule has 1 rings (SSSR count). The predicted molar refractivity (Wildman–Crippen MR) is 76.4 cm³/mol. The van der Waals surface area contributed by atoms with Gasteiger partial charge < -0.3 is 14.3 Å². The minimum Gasteiger partial charge on any atom is -0.414 e. The molecule has 1 heterocycles. The van der Waals surface area contributed by atoms with Gasteiger partial charge in [-0.1, -0.05) is 25.9 Å². The van der Waals surface area contributed by atoms with Gasteiger partial charge in [0.1, 0.15) is 6.10 Å². The molecule has 0 aromatic rings. The Morgan fingerprint density at radius 3 is 2.58 bits per heavy atom. The van der Waals surface area contributed by atoms with Gasteiger partial charge in [-0.25, -0.2) is 0 Å². The third-order valence-corrected chi connectivity index (χ3v) is 8.58. The molecule has 0 radical (unpaired) electrons. The van der Waals surface area contributed by atoms with Crippen LogP contribution in [0.5, 0.6) is 0 Å². The Hall–Kier alpha value is -0.593. The van der Waals surface area contributed by atoms with Gasteiger partial charge in [-0.15, -0.1) is 0 Å². The Kier molecular flexibility index (Phi) is 5.40. The van der Waals surface area contributed by atoms with Gasteiger partial charge in [0.2, 0.25) is 0 Å². The summed E-state index contributed by atoms with van der Waals surface area (Å²) in [4.78, 5) is 2.75. The molecule has 0 aromatic heterocycles. The molecular weight excluding hydrogens is 262 g/mol. The van der Waals surface area contributed by atoms with Crippen LogP contribution < -0.4 is 0 Å². The fourth-order valence-electron chi connectivity index (χ4n) is 1.66. The normalized spacial score (nSPS) is 28.8. The van der Waals surface area contributed by atoms with E-state index in [2.05, 4.69) is 43.9 Å². The van der Waals surface area contributed by atoms with Gasteiger partial charge in [0.25, 0.3) is 0 Å². The number of aliphatic hydroxyl groups is 1. The molecule has 1 saturated heterocycles. The SMILES string of the molecule is CC(C)(C)[Si](C)(C)OC[C@H]1OC[C@H](N=[N+]=[N-])C[C@H]1O. The van der Waals surface area contributed by atoms with E-state index in [1.807, 2.05) is 0 Å². The summed E-state index contributed by atoms with van der Waals surface area (Å²) in [6.07, 6.45) is -0.511. The lowest BCUT2D eigenvalue weighted by molar-refractivity contribution is -0.0986. The monoisotopic (exact) mass is 287 g/mol. The molecule has 1 aliphatic rings. The third kappa shape index (κ3) is 4.47. The Labute approximate surface area is 115 Å². The first-order valence-electron chi connectivity index (χ1n) is 6.65. The van der Waals surface area contributed by atoms with E-state index in [9.17, 15) is 5.11 Å². The minimum atomic E-state index is -1.82. The van der Waals surface area contributed by atoms with Gasteiger partial charge >= 0.3 is 0 Å². The molecule has 3 atom stereocenters. The first kappa shape index (κ1) is 16.5. The molecule has 0 unspecified atom stereocenters. The van der Waals surface area contributed by atoms with Crippen molar-refractivity contribution in [3.05, 3.63) is 10.4 Å². The van der Waals surface area contributed by atoms with Crippen molar-refractivity contribution >= 4 is 8.32 Å². The average Bonchev–Trinajstić information content (AvgIpc) is 2.27. The van der Waals surface area contributed by atoms with Crippen LogP contribution in [-0.2, 0) is 9.16 Å². The first-order chi connectivity index (χ1) is 8.67. The molecule has 1 N–H and O–H groups in total. The van der Waals surface area contributed by atoms with Crippen molar-refractivity contribution in [3.8, 4) is 0 Å². The highest BCUT2D eigenvalue weighted by Crippen LogP contribution is 2.36. The Morgan fingerprint density at radius 1 is 1.47 bits per heavy atom. The number of hydrogen-bond acceptors (Lipinski definition) is 4. The fraction of sp³-hybridized carbons (Fsp3) is 1.00. The van der Waals surface area contributed by atoms with E-state index in [-0.39, 0.29) is 17.2 Å². The minimum absolute atomic E-state index is 0.139. The number of nitrogens with zero attached hydrogens (tertiary/aromatic N) is 3. The summed E-state index contributed by atoms with van der Waals surface area (Å²) in [5, 5.41) is 13.7. The van der Waals surface area contributed by atoms with Crippen LogP contribution in [0.2, 0.25) is 18.1 Å². The summed E-state index contributed by atoms with van der Waals surface area (Å²) in [5.74, 6) is 0. The quantitative estimate of drug-likeness (QED) is 0.373. The zero-order valence-corrected chi connectivity index (χ0v) is 13.5. The molecule has 0 saturated carbocycles. The van der Waals surface area contributed by atoms with Crippen molar-refractivity contribution in [3.63, 3.8) is 0 Å². The van der Waals surface area contributed by atoms with Gasteiger partial charge in [-0.05, 0) is 30.1 Å². The third-order valence-electron chi connectivity index (χ3n) is 4.07. The molecular formula is C12H25N3O3Si. The predicted octanol–water partition coefficient (Wildman–Crippen LogP) is 2.84. The first-order valence-corrected chi connectivity index (χ1v) is 9.56. The zero-order chi connectivity index (χ0) is 14.7. The summed E-state index contributed by atoms with van der Waals surface area (Å²) < 4.78 is 11.6. The van der Waals surface area contributed by atoms with Crippen molar-refractivity contribution in [1.29, 1.82) is 0 Å². The van der Waals surface area contributed by atoms with E-state index in [1.54, 1.807) is 0 Å². The fourth-order valence-corrected chi connectivity index (χ4v) is 2.68. The lowest BCUT2D eigenvalue weighted by Crippen LogP contribution is -2.48. The maximum Gasteiger partial charge on any atom is 0.192 e. The van der Waals surface area contributed by atoms with Gasteiger partial charge in [0.15, 0.2) is 8.32 Å².